The fourth-order valence-corrected chi connectivity index (χ4v) is 5.91. The van der Waals surface area contributed by atoms with Crippen molar-refractivity contribution in [2.75, 3.05) is 25.5 Å². The predicted molar refractivity (Wildman–Crippen MR) is 173 cm³/mol. The number of amides is 2. The molecular formula is C36H46N4O4. The number of nitrogens with one attached hydrogen (secondary N) is 1. The fourth-order valence-electron chi connectivity index (χ4n) is 5.91. The average Bonchev–Trinajstić information content (AvgIpc) is 3.85. The highest BCUT2D eigenvalue weighted by molar-refractivity contribution is 5.82. The Morgan fingerprint density at radius 3 is 2.50 bits per heavy atom. The van der Waals surface area contributed by atoms with Crippen molar-refractivity contribution in [3.8, 4) is 5.75 Å². The number of rotatable bonds is 9. The number of aryl methyl sites for hydroxylation is 1. The van der Waals surface area contributed by atoms with Crippen LogP contribution in [0, 0.1) is 19.8 Å². The standard InChI is InChI=1S/C36H46N4O4/c1-24-9-7-11-28(25(24)2)21-40(29-14-15-29)34(41)32-22-39(35(42)44-36(3,4)5)18-17-31(32)27-10-8-12-30(19-27)43-23-26-13-16-33(37-6)38-20-26/h7-13,16,19-20,29,31-32H,14-15,17-18,21-23H2,1-6H3,(H,37,38)/t31-,32+/m1/s1. The number of hydrogen-bond acceptors (Lipinski definition) is 6. The quantitative estimate of drug-likeness (QED) is 0.290. The molecule has 1 saturated heterocycles. The van der Waals surface area contributed by atoms with Gasteiger partial charge in [0, 0.05) is 44.5 Å². The molecule has 3 aromatic rings. The number of ether oxygens (including phenoxy) is 2. The van der Waals surface area contributed by atoms with Crippen LogP contribution in [-0.4, -0.2) is 58.6 Å². The molecule has 2 aromatic carbocycles. The van der Waals surface area contributed by atoms with Crippen LogP contribution in [0.2, 0.25) is 0 Å². The van der Waals surface area contributed by atoms with E-state index in [0.29, 0.717) is 32.7 Å². The molecule has 2 aliphatic rings. The van der Waals surface area contributed by atoms with E-state index in [9.17, 15) is 9.59 Å². The Balaban J connectivity index is 1.40. The molecule has 2 fully saturated rings. The number of benzene rings is 2. The molecule has 5 rings (SSSR count). The van der Waals surface area contributed by atoms with Gasteiger partial charge >= 0.3 is 6.09 Å². The van der Waals surface area contributed by atoms with Gasteiger partial charge in [0.1, 0.15) is 23.8 Å². The molecule has 1 aliphatic carbocycles. The van der Waals surface area contributed by atoms with Crippen molar-refractivity contribution < 1.29 is 19.1 Å². The minimum absolute atomic E-state index is 0.0545. The molecule has 1 aliphatic heterocycles. The van der Waals surface area contributed by atoms with E-state index in [-0.39, 0.29) is 24.0 Å². The lowest BCUT2D eigenvalue weighted by Gasteiger charge is -2.40. The minimum atomic E-state index is -0.606. The second kappa shape index (κ2) is 13.3. The average molecular weight is 599 g/mol. The highest BCUT2D eigenvalue weighted by Gasteiger charge is 2.43. The number of likely N-dealkylation sites (tertiary alicyclic amines) is 1. The van der Waals surface area contributed by atoms with Crippen LogP contribution in [0.25, 0.3) is 0 Å². The molecule has 0 radical (unpaired) electrons. The van der Waals surface area contributed by atoms with E-state index >= 15 is 0 Å². The van der Waals surface area contributed by atoms with Crippen molar-refractivity contribution in [1.29, 1.82) is 0 Å². The highest BCUT2D eigenvalue weighted by atomic mass is 16.6. The van der Waals surface area contributed by atoms with Crippen LogP contribution in [-0.2, 0) is 22.7 Å². The van der Waals surface area contributed by atoms with Gasteiger partial charge < -0.3 is 24.6 Å². The lowest BCUT2D eigenvalue weighted by atomic mass is 9.79. The molecule has 1 aromatic heterocycles. The second-order valence-corrected chi connectivity index (χ2v) is 13.1. The third-order valence-corrected chi connectivity index (χ3v) is 8.68. The summed E-state index contributed by atoms with van der Waals surface area (Å²) in [4.78, 5) is 35.9. The summed E-state index contributed by atoms with van der Waals surface area (Å²) in [7, 11) is 1.84. The van der Waals surface area contributed by atoms with E-state index in [1.165, 1.54) is 16.7 Å². The van der Waals surface area contributed by atoms with Crippen LogP contribution >= 0.6 is 0 Å². The molecule has 8 heteroatoms. The first-order valence-corrected chi connectivity index (χ1v) is 15.7. The predicted octanol–water partition coefficient (Wildman–Crippen LogP) is 6.85. The molecule has 234 valence electrons. The Kier molecular flexibility index (Phi) is 9.47. The van der Waals surface area contributed by atoms with Gasteiger partial charge in [-0.3, -0.25) is 4.79 Å². The molecule has 1 N–H and O–H groups in total. The summed E-state index contributed by atoms with van der Waals surface area (Å²) in [6.45, 7) is 11.7. The lowest BCUT2D eigenvalue weighted by Crippen LogP contribution is -2.51. The molecule has 2 amide bonds. The minimum Gasteiger partial charge on any atom is -0.489 e. The van der Waals surface area contributed by atoms with E-state index in [1.54, 1.807) is 11.1 Å². The summed E-state index contributed by atoms with van der Waals surface area (Å²) in [6, 6.07) is 18.5. The third-order valence-electron chi connectivity index (χ3n) is 8.68. The number of piperidine rings is 1. The van der Waals surface area contributed by atoms with Gasteiger partial charge in [-0.15, -0.1) is 0 Å². The van der Waals surface area contributed by atoms with Crippen molar-refractivity contribution in [2.24, 2.45) is 5.92 Å². The highest BCUT2D eigenvalue weighted by Crippen LogP contribution is 2.39. The van der Waals surface area contributed by atoms with Crippen molar-refractivity contribution in [3.05, 3.63) is 88.6 Å². The molecule has 0 spiro atoms. The number of carbonyl (C=O) groups excluding carboxylic acids is 2. The van der Waals surface area contributed by atoms with Crippen molar-refractivity contribution >= 4 is 17.8 Å². The van der Waals surface area contributed by atoms with Gasteiger partial charge in [-0.25, -0.2) is 9.78 Å². The third kappa shape index (κ3) is 7.71. The van der Waals surface area contributed by atoms with Gasteiger partial charge in [-0.1, -0.05) is 36.4 Å². The van der Waals surface area contributed by atoms with E-state index in [4.69, 9.17) is 9.47 Å². The van der Waals surface area contributed by atoms with Crippen molar-refractivity contribution in [1.82, 2.24) is 14.8 Å². The van der Waals surface area contributed by atoms with Crippen LogP contribution in [0.1, 0.15) is 73.8 Å². The van der Waals surface area contributed by atoms with Gasteiger partial charge in [-0.05, 0) is 100 Å². The van der Waals surface area contributed by atoms with Crippen molar-refractivity contribution in [2.45, 2.75) is 84.6 Å². The molecule has 0 bridgehead atoms. The monoisotopic (exact) mass is 598 g/mol. The maximum Gasteiger partial charge on any atom is 0.410 e. The van der Waals surface area contributed by atoms with Crippen LogP contribution in [0.5, 0.6) is 5.75 Å². The molecular weight excluding hydrogens is 552 g/mol. The summed E-state index contributed by atoms with van der Waals surface area (Å²) >= 11 is 0. The first-order valence-electron chi connectivity index (χ1n) is 15.7. The van der Waals surface area contributed by atoms with E-state index in [1.807, 2.05) is 52.1 Å². The van der Waals surface area contributed by atoms with Gasteiger partial charge in [0.25, 0.3) is 0 Å². The summed E-state index contributed by atoms with van der Waals surface area (Å²) in [5.74, 6) is 1.21. The van der Waals surface area contributed by atoms with Gasteiger partial charge in [0.2, 0.25) is 5.91 Å². The second-order valence-electron chi connectivity index (χ2n) is 13.1. The number of pyridine rings is 1. The maximum atomic E-state index is 14.6. The van der Waals surface area contributed by atoms with Crippen LogP contribution < -0.4 is 10.1 Å². The summed E-state index contributed by atoms with van der Waals surface area (Å²) in [6.07, 6.45) is 4.13. The first-order chi connectivity index (χ1) is 21.0. The zero-order valence-corrected chi connectivity index (χ0v) is 26.9. The van der Waals surface area contributed by atoms with E-state index < -0.39 is 11.5 Å². The van der Waals surface area contributed by atoms with Gasteiger partial charge in [0.15, 0.2) is 0 Å². The number of aromatic nitrogens is 1. The normalized spacial score (nSPS) is 18.5. The van der Waals surface area contributed by atoms with Crippen LogP contribution in [0.15, 0.2) is 60.8 Å². The SMILES string of the molecule is CNc1ccc(COc2cccc([C@H]3CCN(C(=O)OC(C)(C)C)C[C@@H]3C(=O)N(Cc3cccc(C)c3C)C3CC3)c2)cn1. The van der Waals surface area contributed by atoms with E-state index in [2.05, 4.69) is 59.4 Å². The Morgan fingerprint density at radius 2 is 1.82 bits per heavy atom. The molecule has 44 heavy (non-hydrogen) atoms. The first kappa shape index (κ1) is 31.4. The van der Waals surface area contributed by atoms with Gasteiger partial charge in [-0.2, -0.15) is 0 Å². The maximum absolute atomic E-state index is 14.6. The molecule has 1 saturated carbocycles. The largest absolute Gasteiger partial charge is 0.489 e. The Bertz CT molecular complexity index is 1460. The number of hydrogen-bond donors (Lipinski definition) is 1. The summed E-state index contributed by atoms with van der Waals surface area (Å²) < 4.78 is 11.9. The molecule has 0 unspecified atom stereocenters. The topological polar surface area (TPSA) is 84.0 Å². The molecule has 2 heterocycles. The Labute approximate surface area is 261 Å². The van der Waals surface area contributed by atoms with Crippen molar-refractivity contribution in [3.63, 3.8) is 0 Å². The fraction of sp³-hybridized carbons (Fsp3) is 0.472. The van der Waals surface area contributed by atoms with Crippen LogP contribution in [0.4, 0.5) is 10.6 Å². The van der Waals surface area contributed by atoms with E-state index in [0.717, 1.165) is 35.5 Å². The Hall–Kier alpha value is -4.07. The lowest BCUT2D eigenvalue weighted by molar-refractivity contribution is -0.139. The zero-order chi connectivity index (χ0) is 31.4. The molecule has 2 atom stereocenters. The zero-order valence-electron chi connectivity index (χ0n) is 26.9. The smallest absolute Gasteiger partial charge is 0.410 e. The molecule has 8 nitrogen and oxygen atoms in total. The summed E-state index contributed by atoms with van der Waals surface area (Å²) in [5.41, 5.74) is 5.04. The summed E-state index contributed by atoms with van der Waals surface area (Å²) in [5, 5.41) is 3.03. The van der Waals surface area contributed by atoms with Gasteiger partial charge in [0.05, 0.1) is 5.92 Å². The Morgan fingerprint density at radius 1 is 1.05 bits per heavy atom. The number of carbonyl (C=O) groups is 2. The number of nitrogens with zero attached hydrogens (tertiary/aromatic N) is 3. The van der Waals surface area contributed by atoms with Crippen LogP contribution in [0.3, 0.4) is 0 Å². The number of anilines is 1.